The van der Waals surface area contributed by atoms with Crippen molar-refractivity contribution in [2.75, 3.05) is 52.8 Å². The standard InChI is InChI=1S/C18H32N4OS.HI/c1-19-18(20-10-5-6-13-24-4)21-15-16-8-7-9-17(14-16)23-12-11-22(2)3;/h7-9,14H,5-6,10-13,15H2,1-4H3,(H2,19,20,21);1H. The van der Waals surface area contributed by atoms with E-state index in [0.717, 1.165) is 37.8 Å². The van der Waals surface area contributed by atoms with Gasteiger partial charge in [0.05, 0.1) is 0 Å². The van der Waals surface area contributed by atoms with Crippen LogP contribution in [0.4, 0.5) is 0 Å². The molecule has 1 aromatic rings. The highest BCUT2D eigenvalue weighted by atomic mass is 127. The molecule has 0 saturated carbocycles. The number of hydrogen-bond acceptors (Lipinski definition) is 4. The normalized spacial score (nSPS) is 11.2. The number of thioether (sulfide) groups is 1. The molecule has 0 atom stereocenters. The Morgan fingerprint density at radius 3 is 2.72 bits per heavy atom. The van der Waals surface area contributed by atoms with E-state index in [1.165, 1.54) is 17.7 Å². The molecule has 0 bridgehead atoms. The third kappa shape index (κ3) is 12.3. The first-order chi connectivity index (χ1) is 11.7. The number of halogens is 1. The van der Waals surface area contributed by atoms with Crippen LogP contribution in [0.5, 0.6) is 5.75 Å². The highest BCUT2D eigenvalue weighted by Gasteiger charge is 2.01. The zero-order chi connectivity index (χ0) is 17.6. The van der Waals surface area contributed by atoms with Crippen molar-refractivity contribution in [2.24, 2.45) is 4.99 Å². The molecule has 0 aromatic heterocycles. The van der Waals surface area contributed by atoms with Gasteiger partial charge in [0.25, 0.3) is 0 Å². The van der Waals surface area contributed by atoms with Gasteiger partial charge in [0.2, 0.25) is 0 Å². The molecule has 0 radical (unpaired) electrons. The van der Waals surface area contributed by atoms with E-state index in [1.54, 1.807) is 7.05 Å². The van der Waals surface area contributed by atoms with Crippen molar-refractivity contribution in [3.8, 4) is 5.75 Å². The lowest BCUT2D eigenvalue weighted by atomic mass is 10.2. The molecule has 0 saturated heterocycles. The van der Waals surface area contributed by atoms with E-state index in [2.05, 4.69) is 38.9 Å². The molecule has 1 rings (SSSR count). The summed E-state index contributed by atoms with van der Waals surface area (Å²) in [6.45, 7) is 3.29. The van der Waals surface area contributed by atoms with Crippen molar-refractivity contribution < 1.29 is 4.74 Å². The Hall–Kier alpha value is -0.670. The number of unbranched alkanes of at least 4 members (excludes halogenated alkanes) is 1. The van der Waals surface area contributed by atoms with Crippen LogP contribution in [0, 0.1) is 0 Å². The Bertz CT molecular complexity index is 486. The summed E-state index contributed by atoms with van der Waals surface area (Å²) < 4.78 is 5.78. The van der Waals surface area contributed by atoms with Crippen LogP contribution < -0.4 is 15.4 Å². The van der Waals surface area contributed by atoms with Gasteiger partial charge in [0.15, 0.2) is 5.96 Å². The molecule has 0 unspecified atom stereocenters. The van der Waals surface area contributed by atoms with Gasteiger partial charge in [-0.2, -0.15) is 11.8 Å². The second kappa shape index (κ2) is 15.6. The molecule has 5 nitrogen and oxygen atoms in total. The average molecular weight is 480 g/mol. The van der Waals surface area contributed by atoms with Crippen LogP contribution in [0.25, 0.3) is 0 Å². The molecular formula is C18H33IN4OS. The number of benzene rings is 1. The summed E-state index contributed by atoms with van der Waals surface area (Å²) in [5.74, 6) is 2.98. The first kappa shape index (κ1) is 24.3. The lowest BCUT2D eigenvalue weighted by Gasteiger charge is -2.13. The van der Waals surface area contributed by atoms with Crippen LogP contribution in [-0.2, 0) is 6.54 Å². The van der Waals surface area contributed by atoms with Gasteiger partial charge in [-0.05, 0) is 56.6 Å². The smallest absolute Gasteiger partial charge is 0.191 e. The summed E-state index contributed by atoms with van der Waals surface area (Å²) in [6.07, 6.45) is 4.54. The molecule has 7 heteroatoms. The van der Waals surface area contributed by atoms with E-state index in [-0.39, 0.29) is 24.0 Å². The molecule has 0 aliphatic rings. The van der Waals surface area contributed by atoms with E-state index in [4.69, 9.17) is 4.74 Å². The highest BCUT2D eigenvalue weighted by molar-refractivity contribution is 14.0. The lowest BCUT2D eigenvalue weighted by Crippen LogP contribution is -2.37. The van der Waals surface area contributed by atoms with Gasteiger partial charge >= 0.3 is 0 Å². The van der Waals surface area contributed by atoms with Crippen molar-refractivity contribution in [3.05, 3.63) is 29.8 Å². The Morgan fingerprint density at radius 1 is 1.24 bits per heavy atom. The lowest BCUT2D eigenvalue weighted by molar-refractivity contribution is 0.261. The van der Waals surface area contributed by atoms with Crippen molar-refractivity contribution >= 4 is 41.7 Å². The number of hydrogen-bond donors (Lipinski definition) is 2. The number of rotatable bonds is 11. The Balaban J connectivity index is 0.00000576. The highest BCUT2D eigenvalue weighted by Crippen LogP contribution is 2.13. The number of likely N-dealkylation sites (N-methyl/N-ethyl adjacent to an activating group) is 1. The molecule has 1 aromatic carbocycles. The van der Waals surface area contributed by atoms with Gasteiger partial charge in [-0.3, -0.25) is 4.99 Å². The van der Waals surface area contributed by atoms with Crippen LogP contribution in [-0.4, -0.2) is 63.7 Å². The number of guanidine groups is 1. The zero-order valence-electron chi connectivity index (χ0n) is 15.9. The first-order valence-corrected chi connectivity index (χ1v) is 9.85. The fourth-order valence-corrected chi connectivity index (χ4v) is 2.57. The summed E-state index contributed by atoms with van der Waals surface area (Å²) in [7, 11) is 5.89. The minimum Gasteiger partial charge on any atom is -0.492 e. The molecule has 144 valence electrons. The van der Waals surface area contributed by atoms with Gasteiger partial charge in [0, 0.05) is 26.7 Å². The minimum absolute atomic E-state index is 0. The van der Waals surface area contributed by atoms with E-state index >= 15 is 0 Å². The number of aliphatic imine (C=N–C) groups is 1. The van der Waals surface area contributed by atoms with Gasteiger partial charge in [-0.25, -0.2) is 0 Å². The van der Waals surface area contributed by atoms with Crippen LogP contribution in [0.1, 0.15) is 18.4 Å². The number of ether oxygens (including phenoxy) is 1. The van der Waals surface area contributed by atoms with E-state index < -0.39 is 0 Å². The van der Waals surface area contributed by atoms with E-state index in [1.807, 2.05) is 38.0 Å². The van der Waals surface area contributed by atoms with Crippen LogP contribution in [0.2, 0.25) is 0 Å². The Morgan fingerprint density at radius 2 is 2.04 bits per heavy atom. The van der Waals surface area contributed by atoms with Gasteiger partial charge in [-0.1, -0.05) is 12.1 Å². The fraction of sp³-hybridized carbons (Fsp3) is 0.611. The molecule has 0 aliphatic carbocycles. The summed E-state index contributed by atoms with van der Waals surface area (Å²) in [5.41, 5.74) is 1.18. The van der Waals surface area contributed by atoms with Crippen molar-refractivity contribution in [1.82, 2.24) is 15.5 Å². The van der Waals surface area contributed by atoms with Gasteiger partial charge < -0.3 is 20.3 Å². The molecular weight excluding hydrogens is 447 g/mol. The predicted molar refractivity (Wildman–Crippen MR) is 122 cm³/mol. The Labute approximate surface area is 174 Å². The third-order valence-corrected chi connectivity index (χ3v) is 4.15. The maximum Gasteiger partial charge on any atom is 0.191 e. The molecule has 0 fully saturated rings. The molecule has 25 heavy (non-hydrogen) atoms. The first-order valence-electron chi connectivity index (χ1n) is 8.45. The second-order valence-electron chi connectivity index (χ2n) is 5.85. The zero-order valence-corrected chi connectivity index (χ0v) is 19.0. The monoisotopic (exact) mass is 480 g/mol. The summed E-state index contributed by atoms with van der Waals surface area (Å²) >= 11 is 1.89. The van der Waals surface area contributed by atoms with Crippen LogP contribution >= 0.6 is 35.7 Å². The molecule has 0 aliphatic heterocycles. The number of nitrogens with zero attached hydrogens (tertiary/aromatic N) is 2. The molecule has 2 N–H and O–H groups in total. The van der Waals surface area contributed by atoms with Crippen LogP contribution in [0.15, 0.2) is 29.3 Å². The fourth-order valence-electron chi connectivity index (χ4n) is 2.08. The summed E-state index contributed by atoms with van der Waals surface area (Å²) in [5, 5.41) is 6.70. The summed E-state index contributed by atoms with van der Waals surface area (Å²) in [4.78, 5) is 6.38. The predicted octanol–water partition coefficient (Wildman–Crippen LogP) is 3.05. The number of nitrogens with one attached hydrogen (secondary N) is 2. The van der Waals surface area contributed by atoms with Gasteiger partial charge in [-0.15, -0.1) is 24.0 Å². The quantitative estimate of drug-likeness (QED) is 0.221. The SMILES string of the molecule is CN=C(NCCCCSC)NCc1cccc(OCCN(C)C)c1.I. The Kier molecular flexibility index (Phi) is 15.2. The molecule has 0 spiro atoms. The van der Waals surface area contributed by atoms with E-state index in [9.17, 15) is 0 Å². The van der Waals surface area contributed by atoms with Crippen LogP contribution in [0.3, 0.4) is 0 Å². The van der Waals surface area contributed by atoms with E-state index in [0.29, 0.717) is 6.61 Å². The van der Waals surface area contributed by atoms with Gasteiger partial charge in [0.1, 0.15) is 12.4 Å². The average Bonchev–Trinajstić information content (AvgIpc) is 2.57. The summed E-state index contributed by atoms with van der Waals surface area (Å²) in [6, 6.07) is 8.20. The topological polar surface area (TPSA) is 48.9 Å². The van der Waals surface area contributed by atoms with Crippen molar-refractivity contribution in [1.29, 1.82) is 0 Å². The minimum atomic E-state index is 0. The third-order valence-electron chi connectivity index (χ3n) is 3.46. The molecule has 0 heterocycles. The van der Waals surface area contributed by atoms with Crippen molar-refractivity contribution in [3.63, 3.8) is 0 Å². The maximum absolute atomic E-state index is 5.78. The maximum atomic E-state index is 5.78. The second-order valence-corrected chi connectivity index (χ2v) is 6.84. The van der Waals surface area contributed by atoms with Crippen molar-refractivity contribution in [2.45, 2.75) is 19.4 Å². The largest absolute Gasteiger partial charge is 0.492 e. The molecule has 0 amide bonds.